The summed E-state index contributed by atoms with van der Waals surface area (Å²) in [5, 5.41) is 2.20. The molecule has 0 fully saturated rings. The summed E-state index contributed by atoms with van der Waals surface area (Å²) in [6.45, 7) is 2.33. The molecule has 1 aliphatic rings. The first-order valence-corrected chi connectivity index (χ1v) is 5.41. The molecular weight excluding hydrogens is 230 g/mol. The van der Waals surface area contributed by atoms with Crippen LogP contribution in [0.3, 0.4) is 0 Å². The van der Waals surface area contributed by atoms with Crippen LogP contribution < -0.4 is 14.8 Å². The zero-order chi connectivity index (χ0) is 11.5. The average molecular weight is 242 g/mol. The monoisotopic (exact) mass is 241 g/mol. The summed E-state index contributed by atoms with van der Waals surface area (Å²) in [5.74, 6) is 1.27. The molecule has 4 nitrogen and oxygen atoms in total. The Balaban J connectivity index is 1.98. The number of carbonyl (C=O) groups is 1. The Morgan fingerprint density at radius 3 is 3.00 bits per heavy atom. The predicted octanol–water partition coefficient (Wildman–Crippen LogP) is 1.66. The minimum absolute atomic E-state index is 0.181. The summed E-state index contributed by atoms with van der Waals surface area (Å²) >= 11 is 5.63. The Labute approximate surface area is 98.5 Å². The van der Waals surface area contributed by atoms with Gasteiger partial charge in [0.15, 0.2) is 11.5 Å². The predicted molar refractivity (Wildman–Crippen MR) is 59.7 cm³/mol. The van der Waals surface area contributed by atoms with E-state index < -0.39 is 5.38 Å². The van der Waals surface area contributed by atoms with Crippen LogP contribution in [-0.4, -0.2) is 18.1 Å². The normalized spacial score (nSPS) is 14.6. The summed E-state index contributed by atoms with van der Waals surface area (Å²) in [7, 11) is 0. The topological polar surface area (TPSA) is 47.6 Å². The number of hydrogen-bond acceptors (Lipinski definition) is 3. The van der Waals surface area contributed by atoms with Gasteiger partial charge in [0.25, 0.3) is 0 Å². The van der Waals surface area contributed by atoms with E-state index in [0.717, 1.165) is 11.3 Å². The smallest absolute Gasteiger partial charge is 0.238 e. The Morgan fingerprint density at radius 2 is 2.25 bits per heavy atom. The molecule has 0 saturated carbocycles. The van der Waals surface area contributed by atoms with Gasteiger partial charge in [-0.1, -0.05) is 6.07 Å². The molecule has 0 unspecified atom stereocenters. The van der Waals surface area contributed by atoms with E-state index in [1.807, 2.05) is 18.2 Å². The van der Waals surface area contributed by atoms with E-state index >= 15 is 0 Å². The third kappa shape index (κ3) is 2.39. The zero-order valence-corrected chi connectivity index (χ0v) is 9.58. The maximum Gasteiger partial charge on any atom is 0.238 e. The van der Waals surface area contributed by atoms with Gasteiger partial charge >= 0.3 is 0 Å². The van der Waals surface area contributed by atoms with Gasteiger partial charge in [-0.05, 0) is 24.6 Å². The van der Waals surface area contributed by atoms with Crippen LogP contribution in [0.4, 0.5) is 0 Å². The molecule has 0 bridgehead atoms. The summed E-state index contributed by atoms with van der Waals surface area (Å²) in [6, 6.07) is 5.56. The maximum absolute atomic E-state index is 11.3. The van der Waals surface area contributed by atoms with Gasteiger partial charge in [0, 0.05) is 6.54 Å². The number of benzene rings is 1. The third-order valence-electron chi connectivity index (χ3n) is 2.27. The molecule has 16 heavy (non-hydrogen) atoms. The van der Waals surface area contributed by atoms with Crippen molar-refractivity contribution in [3.8, 4) is 11.5 Å². The van der Waals surface area contributed by atoms with Gasteiger partial charge in [0.05, 0.1) is 0 Å². The highest BCUT2D eigenvalue weighted by molar-refractivity contribution is 6.30. The van der Waals surface area contributed by atoms with Crippen molar-refractivity contribution in [1.29, 1.82) is 0 Å². The molecule has 1 aromatic carbocycles. The number of halogens is 1. The van der Waals surface area contributed by atoms with Gasteiger partial charge in [-0.2, -0.15) is 0 Å². The molecule has 1 amide bonds. The minimum Gasteiger partial charge on any atom is -0.454 e. The van der Waals surface area contributed by atoms with Crippen molar-refractivity contribution < 1.29 is 14.3 Å². The van der Waals surface area contributed by atoms with Gasteiger partial charge < -0.3 is 14.8 Å². The number of hydrogen-bond donors (Lipinski definition) is 1. The molecule has 0 spiro atoms. The van der Waals surface area contributed by atoms with Crippen molar-refractivity contribution >= 4 is 17.5 Å². The Morgan fingerprint density at radius 1 is 1.50 bits per heavy atom. The van der Waals surface area contributed by atoms with Crippen LogP contribution in [0.25, 0.3) is 0 Å². The van der Waals surface area contributed by atoms with E-state index in [1.54, 1.807) is 6.92 Å². The maximum atomic E-state index is 11.3. The standard InChI is InChI=1S/C11H12ClNO3/c1-7(12)11(14)13-5-8-2-3-9-10(4-8)16-6-15-9/h2-4,7H,5-6H2,1H3,(H,13,14)/t7-/m1/s1. The first kappa shape index (κ1) is 11.1. The minimum atomic E-state index is -0.519. The second kappa shape index (κ2) is 4.61. The quantitative estimate of drug-likeness (QED) is 0.819. The van der Waals surface area contributed by atoms with Gasteiger partial charge in [-0.3, -0.25) is 4.79 Å². The number of amides is 1. The average Bonchev–Trinajstić information content (AvgIpc) is 2.72. The fourth-order valence-electron chi connectivity index (χ4n) is 1.38. The fourth-order valence-corrected chi connectivity index (χ4v) is 1.46. The lowest BCUT2D eigenvalue weighted by Crippen LogP contribution is -2.28. The molecule has 1 atom stereocenters. The van der Waals surface area contributed by atoms with E-state index in [4.69, 9.17) is 21.1 Å². The molecule has 0 saturated heterocycles. The molecule has 0 aromatic heterocycles. The summed E-state index contributed by atoms with van der Waals surface area (Å²) in [4.78, 5) is 11.3. The van der Waals surface area contributed by atoms with Gasteiger partial charge in [-0.15, -0.1) is 11.6 Å². The van der Waals surface area contributed by atoms with E-state index in [2.05, 4.69) is 5.32 Å². The Bertz CT molecular complexity index is 406. The molecule has 1 aromatic rings. The highest BCUT2D eigenvalue weighted by Crippen LogP contribution is 2.32. The molecule has 5 heteroatoms. The number of fused-ring (bicyclic) bond motifs is 1. The SMILES string of the molecule is C[C@@H](Cl)C(=O)NCc1ccc2c(c1)OCO2. The van der Waals surface area contributed by atoms with Crippen molar-refractivity contribution in [2.75, 3.05) is 6.79 Å². The second-order valence-electron chi connectivity index (χ2n) is 3.52. The number of nitrogens with one attached hydrogen (secondary N) is 1. The van der Waals surface area contributed by atoms with Crippen molar-refractivity contribution in [2.45, 2.75) is 18.8 Å². The summed E-state index contributed by atoms with van der Waals surface area (Å²) in [5.41, 5.74) is 0.954. The lowest BCUT2D eigenvalue weighted by Gasteiger charge is -2.07. The van der Waals surface area contributed by atoms with E-state index in [-0.39, 0.29) is 12.7 Å². The first-order chi connectivity index (χ1) is 7.66. The van der Waals surface area contributed by atoms with Crippen LogP contribution in [0.5, 0.6) is 11.5 Å². The molecule has 86 valence electrons. The molecule has 1 heterocycles. The van der Waals surface area contributed by atoms with Gasteiger partial charge in [0.2, 0.25) is 12.7 Å². The van der Waals surface area contributed by atoms with Crippen molar-refractivity contribution in [3.63, 3.8) is 0 Å². The second-order valence-corrected chi connectivity index (χ2v) is 4.18. The number of alkyl halides is 1. The largest absolute Gasteiger partial charge is 0.454 e. The lowest BCUT2D eigenvalue weighted by atomic mass is 10.2. The van der Waals surface area contributed by atoms with Crippen LogP contribution in [-0.2, 0) is 11.3 Å². The van der Waals surface area contributed by atoms with E-state index in [0.29, 0.717) is 12.3 Å². The molecule has 0 aliphatic carbocycles. The van der Waals surface area contributed by atoms with Crippen LogP contribution in [0, 0.1) is 0 Å². The third-order valence-corrected chi connectivity index (χ3v) is 2.46. The van der Waals surface area contributed by atoms with Crippen molar-refractivity contribution in [3.05, 3.63) is 23.8 Å². The van der Waals surface area contributed by atoms with Gasteiger partial charge in [-0.25, -0.2) is 0 Å². The van der Waals surface area contributed by atoms with Crippen LogP contribution in [0.15, 0.2) is 18.2 Å². The fraction of sp³-hybridized carbons (Fsp3) is 0.364. The Hall–Kier alpha value is -1.42. The van der Waals surface area contributed by atoms with Crippen molar-refractivity contribution in [2.24, 2.45) is 0 Å². The first-order valence-electron chi connectivity index (χ1n) is 4.97. The molecule has 0 radical (unpaired) electrons. The highest BCUT2D eigenvalue weighted by atomic mass is 35.5. The number of rotatable bonds is 3. The van der Waals surface area contributed by atoms with Gasteiger partial charge in [0.1, 0.15) is 5.38 Å². The molecular formula is C11H12ClNO3. The van der Waals surface area contributed by atoms with E-state index in [9.17, 15) is 4.79 Å². The highest BCUT2D eigenvalue weighted by Gasteiger charge is 2.14. The number of carbonyl (C=O) groups excluding carboxylic acids is 1. The van der Waals surface area contributed by atoms with Crippen LogP contribution >= 0.6 is 11.6 Å². The Kier molecular flexibility index (Phi) is 3.19. The van der Waals surface area contributed by atoms with E-state index in [1.165, 1.54) is 0 Å². The molecule has 1 N–H and O–H groups in total. The zero-order valence-electron chi connectivity index (χ0n) is 8.83. The number of ether oxygens (including phenoxy) is 2. The summed E-state index contributed by atoms with van der Waals surface area (Å²) < 4.78 is 10.4. The molecule has 1 aliphatic heterocycles. The summed E-state index contributed by atoms with van der Waals surface area (Å²) in [6.07, 6.45) is 0. The van der Waals surface area contributed by atoms with Crippen LogP contribution in [0.1, 0.15) is 12.5 Å². The van der Waals surface area contributed by atoms with Crippen LogP contribution in [0.2, 0.25) is 0 Å². The van der Waals surface area contributed by atoms with Crippen molar-refractivity contribution in [1.82, 2.24) is 5.32 Å². The lowest BCUT2D eigenvalue weighted by molar-refractivity contribution is -0.120. The molecule has 2 rings (SSSR count).